The van der Waals surface area contributed by atoms with Gasteiger partial charge in [0, 0.05) is 14.0 Å². The Morgan fingerprint density at radius 2 is 1.95 bits per heavy atom. The molecular formula is C19H19IOS. The molecule has 0 N–H and O–H groups in total. The number of carbonyl (C=O) groups excluding carboxylic acids is 1. The summed E-state index contributed by atoms with van der Waals surface area (Å²) in [4.78, 5) is 13.4. The number of ketones is 1. The van der Waals surface area contributed by atoms with Gasteiger partial charge in [0.25, 0.3) is 0 Å². The van der Waals surface area contributed by atoms with Gasteiger partial charge in [-0.15, -0.1) is 11.8 Å². The summed E-state index contributed by atoms with van der Waals surface area (Å²) in [6.07, 6.45) is 6.00. The van der Waals surface area contributed by atoms with Crippen LogP contribution in [0, 0.1) is 3.57 Å². The van der Waals surface area contributed by atoms with E-state index >= 15 is 0 Å². The standard InChI is InChI=1S/C19H19IOS/c1-2-3-13-22-18-10-7-15(8-11-18)9-12-19(21)16-5-4-6-17(20)14-16/h4-12,14H,2-3,13H2,1H3/b12-9+. The van der Waals surface area contributed by atoms with Crippen molar-refractivity contribution in [3.05, 3.63) is 69.3 Å². The molecule has 0 spiro atoms. The molecule has 0 heterocycles. The van der Waals surface area contributed by atoms with Crippen LogP contribution in [0.4, 0.5) is 0 Å². The van der Waals surface area contributed by atoms with Gasteiger partial charge in [-0.1, -0.05) is 43.7 Å². The van der Waals surface area contributed by atoms with E-state index in [9.17, 15) is 4.79 Å². The smallest absolute Gasteiger partial charge is 0.185 e. The summed E-state index contributed by atoms with van der Waals surface area (Å²) in [6.45, 7) is 2.21. The topological polar surface area (TPSA) is 17.1 Å². The van der Waals surface area contributed by atoms with Crippen molar-refractivity contribution in [2.75, 3.05) is 5.75 Å². The zero-order valence-electron chi connectivity index (χ0n) is 12.6. The highest BCUT2D eigenvalue weighted by Gasteiger charge is 2.01. The number of rotatable bonds is 7. The summed E-state index contributed by atoms with van der Waals surface area (Å²) in [5.74, 6) is 1.21. The summed E-state index contributed by atoms with van der Waals surface area (Å²) in [6, 6.07) is 16.0. The first-order valence-electron chi connectivity index (χ1n) is 7.40. The fraction of sp³-hybridized carbons (Fsp3) is 0.211. The first-order chi connectivity index (χ1) is 10.7. The molecule has 2 rings (SSSR count). The molecule has 0 saturated heterocycles. The number of allylic oxidation sites excluding steroid dienone is 1. The maximum absolute atomic E-state index is 12.1. The second-order valence-corrected chi connectivity index (χ2v) is 7.39. The van der Waals surface area contributed by atoms with Crippen molar-refractivity contribution in [2.24, 2.45) is 0 Å². The van der Waals surface area contributed by atoms with E-state index in [1.165, 1.54) is 17.7 Å². The molecule has 0 unspecified atom stereocenters. The van der Waals surface area contributed by atoms with Gasteiger partial charge in [0.05, 0.1) is 0 Å². The first-order valence-corrected chi connectivity index (χ1v) is 9.46. The van der Waals surface area contributed by atoms with Crippen LogP contribution in [-0.4, -0.2) is 11.5 Å². The highest BCUT2D eigenvalue weighted by molar-refractivity contribution is 14.1. The first kappa shape index (κ1) is 17.3. The normalized spacial score (nSPS) is 11.0. The lowest BCUT2D eigenvalue weighted by molar-refractivity contribution is 0.104. The van der Waals surface area contributed by atoms with Gasteiger partial charge in [-0.25, -0.2) is 0 Å². The molecule has 0 aliphatic heterocycles. The fourth-order valence-corrected chi connectivity index (χ4v) is 3.46. The van der Waals surface area contributed by atoms with Crippen LogP contribution in [0.1, 0.15) is 35.7 Å². The van der Waals surface area contributed by atoms with Crippen LogP contribution in [0.3, 0.4) is 0 Å². The van der Waals surface area contributed by atoms with E-state index in [0.29, 0.717) is 0 Å². The molecule has 0 radical (unpaired) electrons. The van der Waals surface area contributed by atoms with Crippen LogP contribution in [-0.2, 0) is 0 Å². The van der Waals surface area contributed by atoms with Crippen molar-refractivity contribution in [3.63, 3.8) is 0 Å². The molecule has 1 nitrogen and oxygen atoms in total. The van der Waals surface area contributed by atoms with Crippen molar-refractivity contribution >= 4 is 46.2 Å². The Kier molecular flexibility index (Phi) is 7.19. The maximum atomic E-state index is 12.1. The van der Waals surface area contributed by atoms with Gasteiger partial charge in [0.1, 0.15) is 0 Å². The Morgan fingerprint density at radius 1 is 1.18 bits per heavy atom. The highest BCUT2D eigenvalue weighted by atomic mass is 127. The third-order valence-electron chi connectivity index (χ3n) is 3.18. The molecule has 2 aromatic carbocycles. The fourth-order valence-electron chi connectivity index (χ4n) is 1.92. The second kappa shape index (κ2) is 9.16. The van der Waals surface area contributed by atoms with Crippen molar-refractivity contribution < 1.29 is 4.79 Å². The van der Waals surface area contributed by atoms with Gasteiger partial charge in [-0.3, -0.25) is 4.79 Å². The molecule has 0 aromatic heterocycles. The molecular weight excluding hydrogens is 403 g/mol. The van der Waals surface area contributed by atoms with Gasteiger partial charge in [-0.2, -0.15) is 0 Å². The third kappa shape index (κ3) is 5.61. The SMILES string of the molecule is CCCCSc1ccc(/C=C/C(=O)c2cccc(I)c2)cc1. The number of thioether (sulfide) groups is 1. The Labute approximate surface area is 150 Å². The van der Waals surface area contributed by atoms with Crippen molar-refractivity contribution in [1.82, 2.24) is 0 Å². The monoisotopic (exact) mass is 422 g/mol. The van der Waals surface area contributed by atoms with Gasteiger partial charge in [0.2, 0.25) is 0 Å². The molecule has 2 aromatic rings. The van der Waals surface area contributed by atoms with E-state index in [4.69, 9.17) is 0 Å². The molecule has 0 saturated carbocycles. The van der Waals surface area contributed by atoms with E-state index < -0.39 is 0 Å². The van der Waals surface area contributed by atoms with Gasteiger partial charge >= 0.3 is 0 Å². The Bertz CT molecular complexity index is 647. The number of hydrogen-bond donors (Lipinski definition) is 0. The minimum absolute atomic E-state index is 0.0416. The molecule has 0 atom stereocenters. The van der Waals surface area contributed by atoms with Crippen LogP contribution in [0.15, 0.2) is 59.5 Å². The molecule has 114 valence electrons. The molecule has 3 heteroatoms. The second-order valence-electron chi connectivity index (χ2n) is 4.98. The van der Waals surface area contributed by atoms with Crippen molar-refractivity contribution in [1.29, 1.82) is 0 Å². The largest absolute Gasteiger partial charge is 0.289 e. The number of halogens is 1. The van der Waals surface area contributed by atoms with E-state index in [1.807, 2.05) is 42.1 Å². The van der Waals surface area contributed by atoms with Gasteiger partial charge < -0.3 is 0 Å². The van der Waals surface area contributed by atoms with Crippen LogP contribution in [0.5, 0.6) is 0 Å². The lowest BCUT2D eigenvalue weighted by Gasteiger charge is -2.01. The average Bonchev–Trinajstić information content (AvgIpc) is 2.54. The summed E-state index contributed by atoms with van der Waals surface area (Å²) in [5, 5.41) is 0. The Morgan fingerprint density at radius 3 is 2.64 bits per heavy atom. The summed E-state index contributed by atoms with van der Waals surface area (Å²) >= 11 is 4.10. The maximum Gasteiger partial charge on any atom is 0.185 e. The van der Waals surface area contributed by atoms with Gasteiger partial charge in [0.15, 0.2) is 5.78 Å². The molecule has 0 bridgehead atoms. The zero-order chi connectivity index (χ0) is 15.8. The van der Waals surface area contributed by atoms with E-state index in [-0.39, 0.29) is 5.78 Å². The highest BCUT2D eigenvalue weighted by Crippen LogP contribution is 2.20. The average molecular weight is 422 g/mol. The van der Waals surface area contributed by atoms with E-state index in [1.54, 1.807) is 6.08 Å². The lowest BCUT2D eigenvalue weighted by Crippen LogP contribution is -1.94. The molecule has 0 fully saturated rings. The molecule has 22 heavy (non-hydrogen) atoms. The minimum Gasteiger partial charge on any atom is -0.289 e. The van der Waals surface area contributed by atoms with E-state index in [0.717, 1.165) is 20.4 Å². The van der Waals surface area contributed by atoms with Crippen LogP contribution in [0.2, 0.25) is 0 Å². The summed E-state index contributed by atoms with van der Waals surface area (Å²) < 4.78 is 1.07. The molecule has 0 aliphatic carbocycles. The Hall–Kier alpha value is -1.07. The molecule has 0 aliphatic rings. The summed E-state index contributed by atoms with van der Waals surface area (Å²) in [5.41, 5.74) is 1.79. The number of unbranched alkanes of at least 4 members (excludes halogenated alkanes) is 1. The number of benzene rings is 2. The summed E-state index contributed by atoms with van der Waals surface area (Å²) in [7, 11) is 0. The predicted octanol–water partition coefficient (Wildman–Crippen LogP) is 6.08. The quantitative estimate of drug-likeness (QED) is 0.177. The van der Waals surface area contributed by atoms with Gasteiger partial charge in [-0.05, 0) is 70.7 Å². The molecule has 0 amide bonds. The van der Waals surface area contributed by atoms with Crippen LogP contribution in [0.25, 0.3) is 6.08 Å². The van der Waals surface area contributed by atoms with Crippen molar-refractivity contribution in [2.45, 2.75) is 24.7 Å². The van der Waals surface area contributed by atoms with Crippen LogP contribution >= 0.6 is 34.4 Å². The van der Waals surface area contributed by atoms with Crippen LogP contribution < -0.4 is 0 Å². The van der Waals surface area contributed by atoms with Crippen molar-refractivity contribution in [3.8, 4) is 0 Å². The minimum atomic E-state index is 0.0416. The zero-order valence-corrected chi connectivity index (χ0v) is 15.6. The Balaban J connectivity index is 1.96. The predicted molar refractivity (Wildman–Crippen MR) is 105 cm³/mol. The third-order valence-corrected chi connectivity index (χ3v) is 4.95. The van der Waals surface area contributed by atoms with E-state index in [2.05, 4.69) is 53.8 Å². The number of hydrogen-bond acceptors (Lipinski definition) is 2. The lowest BCUT2D eigenvalue weighted by atomic mass is 10.1. The number of carbonyl (C=O) groups is 1.